The standard InChI is InChI=1S/C27H22N4O/c32-27(24-13-5-7-15-26(24)30-16-8-9-17-30)29-28-18-22-20-31(19-21-10-2-1-3-11-21)25-14-6-4-12-23(22)25/h1-18,20H,19H2,(H,29,32)/b28-18+. The van der Waals surface area contributed by atoms with Gasteiger partial charge in [0, 0.05) is 41.6 Å². The highest BCUT2D eigenvalue weighted by Gasteiger charge is 2.11. The van der Waals surface area contributed by atoms with Gasteiger partial charge in [-0.15, -0.1) is 0 Å². The van der Waals surface area contributed by atoms with Crippen molar-refractivity contribution in [3.63, 3.8) is 0 Å². The van der Waals surface area contributed by atoms with Gasteiger partial charge in [-0.25, -0.2) is 5.43 Å². The highest BCUT2D eigenvalue weighted by molar-refractivity contribution is 6.01. The zero-order chi connectivity index (χ0) is 21.8. The summed E-state index contributed by atoms with van der Waals surface area (Å²) < 4.78 is 4.12. The second kappa shape index (κ2) is 8.78. The van der Waals surface area contributed by atoms with Crippen molar-refractivity contribution in [3.8, 4) is 5.69 Å². The molecule has 5 aromatic rings. The average molecular weight is 419 g/mol. The van der Waals surface area contributed by atoms with Gasteiger partial charge in [0.1, 0.15) is 0 Å². The number of amides is 1. The zero-order valence-corrected chi connectivity index (χ0v) is 17.4. The fraction of sp³-hybridized carbons (Fsp3) is 0.0370. The van der Waals surface area contributed by atoms with Gasteiger partial charge in [0.05, 0.1) is 17.5 Å². The number of carbonyl (C=O) groups excluding carboxylic acids is 1. The molecule has 0 saturated heterocycles. The van der Waals surface area contributed by atoms with E-state index in [0.29, 0.717) is 5.56 Å². The highest BCUT2D eigenvalue weighted by Crippen LogP contribution is 2.21. The number of nitrogens with zero attached hydrogens (tertiary/aromatic N) is 3. The van der Waals surface area contributed by atoms with Crippen LogP contribution in [0.15, 0.2) is 115 Å². The number of aromatic nitrogens is 2. The summed E-state index contributed by atoms with van der Waals surface area (Å²) in [6.07, 6.45) is 7.61. The van der Waals surface area contributed by atoms with Crippen molar-refractivity contribution in [2.45, 2.75) is 6.54 Å². The highest BCUT2D eigenvalue weighted by atomic mass is 16.2. The Morgan fingerprint density at radius 3 is 2.41 bits per heavy atom. The number of nitrogens with one attached hydrogen (secondary N) is 1. The quantitative estimate of drug-likeness (QED) is 0.297. The summed E-state index contributed by atoms with van der Waals surface area (Å²) in [5.74, 6) is -0.251. The predicted molar refractivity (Wildman–Crippen MR) is 128 cm³/mol. The van der Waals surface area contributed by atoms with Crippen molar-refractivity contribution in [2.75, 3.05) is 0 Å². The molecule has 0 aliphatic rings. The summed E-state index contributed by atoms with van der Waals surface area (Å²) in [6.45, 7) is 0.770. The van der Waals surface area contributed by atoms with Crippen LogP contribution in [-0.2, 0) is 6.54 Å². The van der Waals surface area contributed by atoms with Crippen LogP contribution in [0.3, 0.4) is 0 Å². The van der Waals surface area contributed by atoms with E-state index >= 15 is 0 Å². The maximum absolute atomic E-state index is 12.8. The molecule has 1 amide bonds. The molecular weight excluding hydrogens is 396 g/mol. The number of carbonyl (C=O) groups is 1. The van der Waals surface area contributed by atoms with Crippen LogP contribution in [0.5, 0.6) is 0 Å². The van der Waals surface area contributed by atoms with Gasteiger partial charge in [0.15, 0.2) is 0 Å². The first-order valence-electron chi connectivity index (χ1n) is 10.5. The van der Waals surface area contributed by atoms with E-state index in [1.54, 1.807) is 12.3 Å². The second-order valence-corrected chi connectivity index (χ2v) is 7.52. The van der Waals surface area contributed by atoms with E-state index in [1.807, 2.05) is 77.6 Å². The Labute approximate surface area is 186 Å². The van der Waals surface area contributed by atoms with E-state index in [0.717, 1.165) is 28.7 Å². The summed E-state index contributed by atoms with van der Waals surface area (Å²) in [6, 6.07) is 29.9. The second-order valence-electron chi connectivity index (χ2n) is 7.52. The molecular formula is C27H22N4O. The molecule has 5 heteroatoms. The molecule has 5 rings (SSSR count). The van der Waals surface area contributed by atoms with Crippen molar-refractivity contribution < 1.29 is 4.79 Å². The SMILES string of the molecule is O=C(N/N=C/c1cn(Cc2ccccc2)c2ccccc12)c1ccccc1-n1cccc1. The molecule has 0 unspecified atom stereocenters. The van der Waals surface area contributed by atoms with Crippen LogP contribution >= 0.6 is 0 Å². The smallest absolute Gasteiger partial charge is 0.273 e. The van der Waals surface area contributed by atoms with E-state index in [-0.39, 0.29) is 5.91 Å². The van der Waals surface area contributed by atoms with Crippen molar-refractivity contribution in [1.82, 2.24) is 14.6 Å². The summed E-state index contributed by atoms with van der Waals surface area (Å²) in [5, 5.41) is 5.36. The Morgan fingerprint density at radius 2 is 1.56 bits per heavy atom. The maximum Gasteiger partial charge on any atom is 0.273 e. The van der Waals surface area contributed by atoms with Crippen LogP contribution in [0.2, 0.25) is 0 Å². The van der Waals surface area contributed by atoms with Crippen molar-refractivity contribution >= 4 is 23.0 Å². The minimum Gasteiger partial charge on any atom is -0.342 e. The third-order valence-corrected chi connectivity index (χ3v) is 5.42. The predicted octanol–water partition coefficient (Wildman–Crippen LogP) is 5.24. The lowest BCUT2D eigenvalue weighted by atomic mass is 10.1. The lowest BCUT2D eigenvalue weighted by Gasteiger charge is -2.08. The van der Waals surface area contributed by atoms with E-state index in [9.17, 15) is 4.79 Å². The number of hydrogen-bond acceptors (Lipinski definition) is 2. The van der Waals surface area contributed by atoms with Crippen LogP contribution in [0.1, 0.15) is 21.5 Å². The molecule has 0 radical (unpaired) electrons. The lowest BCUT2D eigenvalue weighted by molar-refractivity contribution is 0.0955. The zero-order valence-electron chi connectivity index (χ0n) is 17.4. The molecule has 156 valence electrons. The summed E-state index contributed by atoms with van der Waals surface area (Å²) in [4.78, 5) is 12.8. The number of fused-ring (bicyclic) bond motifs is 1. The van der Waals surface area contributed by atoms with E-state index in [4.69, 9.17) is 0 Å². The van der Waals surface area contributed by atoms with Crippen LogP contribution in [0.4, 0.5) is 0 Å². The molecule has 32 heavy (non-hydrogen) atoms. The van der Waals surface area contributed by atoms with Gasteiger partial charge in [0.2, 0.25) is 0 Å². The van der Waals surface area contributed by atoms with Gasteiger partial charge in [-0.05, 0) is 35.9 Å². The monoisotopic (exact) mass is 418 g/mol. The Kier molecular flexibility index (Phi) is 5.37. The first-order valence-corrected chi connectivity index (χ1v) is 10.5. The lowest BCUT2D eigenvalue weighted by Crippen LogP contribution is -2.19. The topological polar surface area (TPSA) is 51.3 Å². The van der Waals surface area contributed by atoms with Crippen molar-refractivity contribution in [2.24, 2.45) is 5.10 Å². The number of para-hydroxylation sites is 2. The Hall–Kier alpha value is -4.38. The van der Waals surface area contributed by atoms with Gasteiger partial charge in [-0.1, -0.05) is 60.7 Å². The largest absolute Gasteiger partial charge is 0.342 e. The van der Waals surface area contributed by atoms with Gasteiger partial charge in [-0.2, -0.15) is 5.10 Å². The molecule has 0 aliphatic heterocycles. The van der Waals surface area contributed by atoms with Gasteiger partial charge >= 0.3 is 0 Å². The van der Waals surface area contributed by atoms with Gasteiger partial charge in [-0.3, -0.25) is 4.79 Å². The molecule has 2 heterocycles. The fourth-order valence-electron chi connectivity index (χ4n) is 3.90. The van der Waals surface area contributed by atoms with E-state index < -0.39 is 0 Å². The maximum atomic E-state index is 12.8. The molecule has 0 saturated carbocycles. The third-order valence-electron chi connectivity index (χ3n) is 5.42. The molecule has 0 atom stereocenters. The summed E-state index contributed by atoms with van der Waals surface area (Å²) >= 11 is 0. The number of rotatable bonds is 6. The molecule has 0 bridgehead atoms. The van der Waals surface area contributed by atoms with Crippen molar-refractivity contribution in [3.05, 3.63) is 126 Å². The number of hydrogen-bond donors (Lipinski definition) is 1. The minimum atomic E-state index is -0.251. The Morgan fingerprint density at radius 1 is 0.844 bits per heavy atom. The number of hydrazone groups is 1. The van der Waals surface area contributed by atoms with Gasteiger partial charge in [0.25, 0.3) is 5.91 Å². The van der Waals surface area contributed by atoms with E-state index in [2.05, 4.69) is 45.6 Å². The molecule has 2 aromatic heterocycles. The molecule has 0 aliphatic carbocycles. The van der Waals surface area contributed by atoms with Gasteiger partial charge < -0.3 is 9.13 Å². The van der Waals surface area contributed by atoms with Crippen LogP contribution in [0.25, 0.3) is 16.6 Å². The average Bonchev–Trinajstić information content (AvgIpc) is 3.49. The van der Waals surface area contributed by atoms with Crippen LogP contribution in [0, 0.1) is 0 Å². The third kappa shape index (κ3) is 3.96. The van der Waals surface area contributed by atoms with E-state index in [1.165, 1.54) is 5.56 Å². The molecule has 0 fully saturated rings. The Balaban J connectivity index is 1.39. The Bertz CT molecular complexity index is 1380. The molecule has 1 N–H and O–H groups in total. The normalized spacial score (nSPS) is 11.2. The minimum absolute atomic E-state index is 0.251. The number of benzene rings is 3. The molecule has 0 spiro atoms. The molecule has 3 aromatic carbocycles. The summed E-state index contributed by atoms with van der Waals surface area (Å²) in [7, 11) is 0. The van der Waals surface area contributed by atoms with Crippen LogP contribution in [-0.4, -0.2) is 21.3 Å². The van der Waals surface area contributed by atoms with Crippen molar-refractivity contribution in [1.29, 1.82) is 0 Å². The summed E-state index contributed by atoms with van der Waals surface area (Å²) in [5.41, 5.74) is 7.36. The fourth-order valence-corrected chi connectivity index (χ4v) is 3.90. The first kappa shape index (κ1) is 19.6. The van der Waals surface area contributed by atoms with Crippen LogP contribution < -0.4 is 5.43 Å². The molecule has 5 nitrogen and oxygen atoms in total. The first-order chi connectivity index (χ1) is 15.8.